The molecule has 5 heteroatoms. The number of nitrogens with one attached hydrogen (secondary N) is 1. The van der Waals surface area contributed by atoms with E-state index in [4.69, 9.17) is 4.74 Å². The number of carbonyl (C=O) groups excluding carboxylic acids is 2. The Balaban J connectivity index is 1.76. The molecule has 190 valence electrons. The molecule has 0 spiro atoms. The van der Waals surface area contributed by atoms with Gasteiger partial charge in [0.2, 0.25) is 11.8 Å². The number of aryl methyl sites for hydroxylation is 1. The Labute approximate surface area is 215 Å². The summed E-state index contributed by atoms with van der Waals surface area (Å²) in [6.07, 6.45) is 2.16. The molecule has 0 saturated heterocycles. The lowest BCUT2D eigenvalue weighted by molar-refractivity contribution is -0.141. The third-order valence-corrected chi connectivity index (χ3v) is 6.29. The van der Waals surface area contributed by atoms with E-state index in [-0.39, 0.29) is 17.9 Å². The largest absolute Gasteiger partial charge is 0.494 e. The summed E-state index contributed by atoms with van der Waals surface area (Å²) in [5.74, 6) is 0.629. The minimum atomic E-state index is -0.605. The highest BCUT2D eigenvalue weighted by Gasteiger charge is 2.30. The first-order valence-corrected chi connectivity index (χ1v) is 12.8. The SMILES string of the molecule is CCC(C)NC(=O)C(Cc1ccccc1)N(Cc1ccccc1)C(=O)CCCOc1ccc(C)cc1. The second-order valence-electron chi connectivity index (χ2n) is 9.30. The smallest absolute Gasteiger partial charge is 0.243 e. The lowest BCUT2D eigenvalue weighted by Crippen LogP contribution is -2.52. The predicted octanol–water partition coefficient (Wildman–Crippen LogP) is 5.71. The number of nitrogens with zero attached hydrogens (tertiary/aromatic N) is 1. The molecule has 2 unspecified atom stereocenters. The van der Waals surface area contributed by atoms with Gasteiger partial charge < -0.3 is 15.0 Å². The van der Waals surface area contributed by atoms with E-state index in [0.29, 0.717) is 32.4 Å². The Morgan fingerprint density at radius 1 is 0.889 bits per heavy atom. The molecule has 0 fully saturated rings. The van der Waals surface area contributed by atoms with Crippen LogP contribution in [0, 0.1) is 6.92 Å². The van der Waals surface area contributed by atoms with Gasteiger partial charge in [0.15, 0.2) is 0 Å². The monoisotopic (exact) mass is 486 g/mol. The maximum absolute atomic E-state index is 13.6. The molecular weight excluding hydrogens is 448 g/mol. The van der Waals surface area contributed by atoms with E-state index in [1.54, 1.807) is 4.90 Å². The van der Waals surface area contributed by atoms with Gasteiger partial charge in [-0.2, -0.15) is 0 Å². The van der Waals surface area contributed by atoms with Crippen LogP contribution < -0.4 is 10.1 Å². The van der Waals surface area contributed by atoms with Crippen LogP contribution in [0.4, 0.5) is 0 Å². The molecule has 2 atom stereocenters. The highest BCUT2D eigenvalue weighted by molar-refractivity contribution is 5.88. The summed E-state index contributed by atoms with van der Waals surface area (Å²) >= 11 is 0. The van der Waals surface area contributed by atoms with Gasteiger partial charge in [0, 0.05) is 25.4 Å². The fraction of sp³-hybridized carbons (Fsp3) is 0.355. The number of ether oxygens (including phenoxy) is 1. The van der Waals surface area contributed by atoms with Gasteiger partial charge in [0.1, 0.15) is 11.8 Å². The average Bonchev–Trinajstić information content (AvgIpc) is 2.90. The highest BCUT2D eigenvalue weighted by Crippen LogP contribution is 2.17. The Morgan fingerprint density at radius 2 is 1.50 bits per heavy atom. The molecule has 3 aromatic carbocycles. The number of benzene rings is 3. The van der Waals surface area contributed by atoms with Crippen LogP contribution in [0.3, 0.4) is 0 Å². The molecule has 0 bridgehead atoms. The molecule has 0 aromatic heterocycles. The zero-order valence-electron chi connectivity index (χ0n) is 21.7. The van der Waals surface area contributed by atoms with Gasteiger partial charge in [0.05, 0.1) is 6.61 Å². The third kappa shape index (κ3) is 8.56. The van der Waals surface area contributed by atoms with Crippen LogP contribution in [-0.4, -0.2) is 35.4 Å². The third-order valence-electron chi connectivity index (χ3n) is 6.29. The van der Waals surface area contributed by atoms with E-state index >= 15 is 0 Å². The number of hydrogen-bond donors (Lipinski definition) is 1. The van der Waals surface area contributed by atoms with Crippen LogP contribution in [0.15, 0.2) is 84.9 Å². The van der Waals surface area contributed by atoms with Gasteiger partial charge in [0.25, 0.3) is 0 Å². The molecule has 0 radical (unpaired) electrons. The Morgan fingerprint density at radius 3 is 2.11 bits per heavy atom. The van der Waals surface area contributed by atoms with Crippen molar-refractivity contribution in [3.05, 3.63) is 102 Å². The molecule has 0 saturated carbocycles. The van der Waals surface area contributed by atoms with Crippen molar-refractivity contribution in [1.29, 1.82) is 0 Å². The van der Waals surface area contributed by atoms with E-state index in [0.717, 1.165) is 23.3 Å². The van der Waals surface area contributed by atoms with Crippen molar-refractivity contribution < 1.29 is 14.3 Å². The van der Waals surface area contributed by atoms with Gasteiger partial charge in [-0.05, 0) is 49.9 Å². The first kappa shape index (κ1) is 27.0. The van der Waals surface area contributed by atoms with Crippen molar-refractivity contribution in [3.63, 3.8) is 0 Å². The standard InChI is InChI=1S/C31H38N2O3/c1-4-25(3)32-31(35)29(22-26-12-7-5-8-13-26)33(23-27-14-9-6-10-15-27)30(34)16-11-21-36-28-19-17-24(2)18-20-28/h5-10,12-15,17-20,25,29H,4,11,16,21-23H2,1-3H3,(H,32,35). The van der Waals surface area contributed by atoms with E-state index < -0.39 is 6.04 Å². The number of amides is 2. The summed E-state index contributed by atoms with van der Waals surface area (Å²) in [7, 11) is 0. The summed E-state index contributed by atoms with van der Waals surface area (Å²) in [4.78, 5) is 28.8. The molecule has 5 nitrogen and oxygen atoms in total. The van der Waals surface area contributed by atoms with Gasteiger partial charge in [-0.25, -0.2) is 0 Å². The van der Waals surface area contributed by atoms with Crippen LogP contribution >= 0.6 is 0 Å². The molecule has 1 N–H and O–H groups in total. The lowest BCUT2D eigenvalue weighted by Gasteiger charge is -2.32. The Hall–Kier alpha value is -3.60. The van der Waals surface area contributed by atoms with Crippen molar-refractivity contribution in [2.24, 2.45) is 0 Å². The zero-order valence-corrected chi connectivity index (χ0v) is 21.7. The second-order valence-corrected chi connectivity index (χ2v) is 9.30. The van der Waals surface area contributed by atoms with Crippen molar-refractivity contribution in [3.8, 4) is 5.75 Å². The molecule has 0 heterocycles. The average molecular weight is 487 g/mol. The topological polar surface area (TPSA) is 58.6 Å². The molecule has 36 heavy (non-hydrogen) atoms. The number of rotatable bonds is 13. The maximum atomic E-state index is 13.6. The van der Waals surface area contributed by atoms with Gasteiger partial charge >= 0.3 is 0 Å². The molecular formula is C31H38N2O3. The van der Waals surface area contributed by atoms with Crippen molar-refractivity contribution in [2.75, 3.05) is 6.61 Å². The summed E-state index contributed by atoms with van der Waals surface area (Å²) in [5.41, 5.74) is 3.20. The molecule has 0 aliphatic carbocycles. The van der Waals surface area contributed by atoms with E-state index in [9.17, 15) is 9.59 Å². The number of hydrogen-bond acceptors (Lipinski definition) is 3. The Kier molecular flexibility index (Phi) is 10.6. The maximum Gasteiger partial charge on any atom is 0.243 e. The quantitative estimate of drug-likeness (QED) is 0.315. The Bertz CT molecular complexity index is 1070. The molecule has 3 aromatic rings. The van der Waals surface area contributed by atoms with Crippen LogP contribution in [-0.2, 0) is 22.6 Å². The van der Waals surface area contributed by atoms with Crippen molar-refractivity contribution in [1.82, 2.24) is 10.2 Å². The fourth-order valence-corrected chi connectivity index (χ4v) is 3.97. The van der Waals surface area contributed by atoms with Crippen LogP contribution in [0.1, 0.15) is 49.8 Å². The minimum Gasteiger partial charge on any atom is -0.494 e. The molecule has 2 amide bonds. The van der Waals surface area contributed by atoms with Gasteiger partial charge in [-0.1, -0.05) is 85.3 Å². The molecule has 3 rings (SSSR count). The summed E-state index contributed by atoms with van der Waals surface area (Å²) < 4.78 is 5.83. The van der Waals surface area contributed by atoms with Gasteiger partial charge in [-0.15, -0.1) is 0 Å². The summed E-state index contributed by atoms with van der Waals surface area (Å²) in [6.45, 7) is 6.88. The van der Waals surface area contributed by atoms with Crippen molar-refractivity contribution in [2.45, 2.75) is 65.1 Å². The summed E-state index contributed by atoms with van der Waals surface area (Å²) in [5, 5.41) is 3.11. The van der Waals surface area contributed by atoms with Crippen LogP contribution in [0.5, 0.6) is 5.75 Å². The predicted molar refractivity (Wildman–Crippen MR) is 145 cm³/mol. The normalized spacial score (nSPS) is 12.4. The molecule has 0 aliphatic heterocycles. The highest BCUT2D eigenvalue weighted by atomic mass is 16.5. The summed E-state index contributed by atoms with van der Waals surface area (Å²) in [6, 6.07) is 27.1. The lowest BCUT2D eigenvalue weighted by atomic mass is 10.0. The fourth-order valence-electron chi connectivity index (χ4n) is 3.97. The first-order valence-electron chi connectivity index (χ1n) is 12.8. The van der Waals surface area contributed by atoms with E-state index in [2.05, 4.69) is 5.32 Å². The van der Waals surface area contributed by atoms with E-state index in [1.807, 2.05) is 106 Å². The zero-order chi connectivity index (χ0) is 25.8. The van der Waals surface area contributed by atoms with Gasteiger partial charge in [-0.3, -0.25) is 9.59 Å². The second kappa shape index (κ2) is 14.1. The first-order chi connectivity index (χ1) is 17.5. The van der Waals surface area contributed by atoms with Crippen LogP contribution in [0.2, 0.25) is 0 Å². The number of carbonyl (C=O) groups is 2. The van der Waals surface area contributed by atoms with Crippen molar-refractivity contribution >= 4 is 11.8 Å². The molecule has 0 aliphatic rings. The van der Waals surface area contributed by atoms with E-state index in [1.165, 1.54) is 5.56 Å². The van der Waals surface area contributed by atoms with Crippen LogP contribution in [0.25, 0.3) is 0 Å². The minimum absolute atomic E-state index is 0.0346.